The van der Waals surface area contributed by atoms with Crippen molar-refractivity contribution in [3.05, 3.63) is 47.0 Å². The predicted octanol–water partition coefficient (Wildman–Crippen LogP) is 2.48. The maximum Gasteiger partial charge on any atom is 0.246 e. The van der Waals surface area contributed by atoms with Gasteiger partial charge in [-0.05, 0) is 32.3 Å². The third kappa shape index (κ3) is 4.91. The minimum absolute atomic E-state index is 0.00500. The van der Waals surface area contributed by atoms with Crippen molar-refractivity contribution in [2.45, 2.75) is 52.3 Å². The van der Waals surface area contributed by atoms with Crippen LogP contribution in [0.3, 0.4) is 0 Å². The van der Waals surface area contributed by atoms with Crippen LogP contribution in [0.15, 0.2) is 41.5 Å². The minimum Gasteiger partial charge on any atom is -0.392 e. The van der Waals surface area contributed by atoms with E-state index in [0.29, 0.717) is 19.5 Å². The lowest BCUT2D eigenvalue weighted by Crippen LogP contribution is -2.40. The molecule has 23 heavy (non-hydrogen) atoms. The van der Waals surface area contributed by atoms with Crippen molar-refractivity contribution in [3.8, 4) is 0 Å². The molecule has 1 fully saturated rings. The van der Waals surface area contributed by atoms with Gasteiger partial charge in [0.1, 0.15) is 0 Å². The summed E-state index contributed by atoms with van der Waals surface area (Å²) in [6, 6.07) is 10.4. The Hall–Kier alpha value is -1.65. The summed E-state index contributed by atoms with van der Waals surface area (Å²) in [4.78, 5) is 14.5. The van der Waals surface area contributed by atoms with Crippen LogP contribution in [0, 0.1) is 0 Å². The van der Waals surface area contributed by atoms with Crippen molar-refractivity contribution in [1.82, 2.24) is 10.2 Å². The van der Waals surface area contributed by atoms with Crippen molar-refractivity contribution in [3.63, 3.8) is 0 Å². The van der Waals surface area contributed by atoms with E-state index in [1.54, 1.807) is 0 Å². The molecule has 0 bridgehead atoms. The maximum atomic E-state index is 12.2. The lowest BCUT2D eigenvalue weighted by atomic mass is 10.1. The Morgan fingerprint density at radius 3 is 2.65 bits per heavy atom. The number of nitrogens with zero attached hydrogens (tertiary/aromatic N) is 1. The Bertz CT molecular complexity index is 554. The highest BCUT2D eigenvalue weighted by atomic mass is 16.3. The first-order valence-corrected chi connectivity index (χ1v) is 8.41. The lowest BCUT2D eigenvalue weighted by Gasteiger charge is -2.24. The number of hydrogen-bond acceptors (Lipinski definition) is 3. The second kappa shape index (κ2) is 8.27. The van der Waals surface area contributed by atoms with Crippen LogP contribution in [-0.4, -0.2) is 41.1 Å². The van der Waals surface area contributed by atoms with E-state index in [4.69, 9.17) is 0 Å². The molecule has 126 valence electrons. The van der Waals surface area contributed by atoms with Crippen LogP contribution in [0.2, 0.25) is 0 Å². The molecule has 2 atom stereocenters. The van der Waals surface area contributed by atoms with E-state index in [0.717, 1.165) is 24.1 Å². The molecule has 2 N–H and O–H groups in total. The van der Waals surface area contributed by atoms with Gasteiger partial charge in [0.25, 0.3) is 0 Å². The molecule has 0 aromatic heterocycles. The molecular formula is C19H28N2O2. The van der Waals surface area contributed by atoms with E-state index in [2.05, 4.69) is 29.3 Å². The predicted molar refractivity (Wildman–Crippen MR) is 92.9 cm³/mol. The fourth-order valence-electron chi connectivity index (χ4n) is 2.98. The number of allylic oxidation sites excluding steroid dienone is 1. The summed E-state index contributed by atoms with van der Waals surface area (Å²) in [6.45, 7) is 7.98. The summed E-state index contributed by atoms with van der Waals surface area (Å²) in [5, 5.41) is 13.0. The molecule has 0 radical (unpaired) electrons. The van der Waals surface area contributed by atoms with Gasteiger partial charge in [-0.3, -0.25) is 9.69 Å². The van der Waals surface area contributed by atoms with Gasteiger partial charge in [0.15, 0.2) is 0 Å². The topological polar surface area (TPSA) is 52.6 Å². The number of likely N-dealkylation sites (tertiary alicyclic amines) is 1. The molecule has 4 heteroatoms. The van der Waals surface area contributed by atoms with Gasteiger partial charge in [-0.15, -0.1) is 0 Å². The SMILES string of the molecule is CC/C(C)=C(/C)C(=O)NCC1CC(O)CN1Cc1ccccc1. The van der Waals surface area contributed by atoms with Gasteiger partial charge in [0, 0.05) is 31.2 Å². The Balaban J connectivity index is 1.94. The van der Waals surface area contributed by atoms with E-state index >= 15 is 0 Å². The van der Waals surface area contributed by atoms with Crippen molar-refractivity contribution in [1.29, 1.82) is 0 Å². The average Bonchev–Trinajstić information content (AvgIpc) is 2.91. The molecule has 1 saturated heterocycles. The third-order valence-corrected chi connectivity index (χ3v) is 4.74. The van der Waals surface area contributed by atoms with Crippen LogP contribution in [0.5, 0.6) is 0 Å². The number of amides is 1. The van der Waals surface area contributed by atoms with Crippen molar-refractivity contribution in [2.24, 2.45) is 0 Å². The zero-order valence-corrected chi connectivity index (χ0v) is 14.4. The highest BCUT2D eigenvalue weighted by Crippen LogP contribution is 2.20. The Morgan fingerprint density at radius 2 is 2.00 bits per heavy atom. The Kier molecular flexibility index (Phi) is 6.37. The first-order valence-electron chi connectivity index (χ1n) is 8.41. The van der Waals surface area contributed by atoms with Crippen LogP contribution in [0.1, 0.15) is 39.2 Å². The molecule has 1 amide bonds. The number of nitrogens with one attached hydrogen (secondary N) is 1. The number of β-amino-alcohol motifs (C(OH)–C–C–N with tert-alkyl or cyclic N) is 1. The number of benzene rings is 1. The monoisotopic (exact) mass is 316 g/mol. The summed E-state index contributed by atoms with van der Waals surface area (Å²) in [6.07, 6.45) is 1.29. The fourth-order valence-corrected chi connectivity index (χ4v) is 2.98. The number of aliphatic hydroxyl groups is 1. The van der Waals surface area contributed by atoms with Gasteiger partial charge in [0.2, 0.25) is 5.91 Å². The van der Waals surface area contributed by atoms with Crippen LogP contribution >= 0.6 is 0 Å². The molecule has 1 aliphatic rings. The molecule has 0 spiro atoms. The zero-order valence-electron chi connectivity index (χ0n) is 14.4. The van der Waals surface area contributed by atoms with Gasteiger partial charge in [-0.2, -0.15) is 0 Å². The van der Waals surface area contributed by atoms with Crippen molar-refractivity contribution >= 4 is 5.91 Å². The summed E-state index contributed by atoms with van der Waals surface area (Å²) in [7, 11) is 0. The van der Waals surface area contributed by atoms with Gasteiger partial charge in [-0.1, -0.05) is 42.8 Å². The van der Waals surface area contributed by atoms with E-state index in [9.17, 15) is 9.90 Å². The summed E-state index contributed by atoms with van der Waals surface area (Å²) < 4.78 is 0. The largest absolute Gasteiger partial charge is 0.392 e. The second-order valence-corrected chi connectivity index (χ2v) is 6.43. The van der Waals surface area contributed by atoms with Gasteiger partial charge in [0.05, 0.1) is 6.10 Å². The van der Waals surface area contributed by atoms with Gasteiger partial charge in [-0.25, -0.2) is 0 Å². The van der Waals surface area contributed by atoms with Gasteiger partial charge < -0.3 is 10.4 Å². The number of carbonyl (C=O) groups is 1. The van der Waals surface area contributed by atoms with Crippen molar-refractivity contribution < 1.29 is 9.90 Å². The lowest BCUT2D eigenvalue weighted by molar-refractivity contribution is -0.117. The molecule has 4 nitrogen and oxygen atoms in total. The van der Waals surface area contributed by atoms with Gasteiger partial charge >= 0.3 is 0 Å². The molecular weight excluding hydrogens is 288 g/mol. The molecule has 1 heterocycles. The zero-order chi connectivity index (χ0) is 16.8. The standard InChI is InChI=1S/C19H28N2O2/c1-4-14(2)15(3)19(23)20-11-17-10-18(22)13-21(17)12-16-8-6-5-7-9-16/h5-9,17-18,22H,4,10-13H2,1-3H3,(H,20,23)/b15-14-. The number of aliphatic hydroxyl groups excluding tert-OH is 1. The van der Waals surface area contributed by atoms with E-state index in [1.165, 1.54) is 5.56 Å². The normalized spacial score (nSPS) is 22.8. The number of rotatable bonds is 6. The first kappa shape index (κ1) is 17.7. The highest BCUT2D eigenvalue weighted by Gasteiger charge is 2.31. The number of carbonyl (C=O) groups excluding carboxylic acids is 1. The van der Waals surface area contributed by atoms with E-state index < -0.39 is 0 Å². The van der Waals surface area contributed by atoms with E-state index in [1.807, 2.05) is 32.0 Å². The summed E-state index contributed by atoms with van der Waals surface area (Å²) in [5.74, 6) is 0.00500. The van der Waals surface area contributed by atoms with Crippen molar-refractivity contribution in [2.75, 3.05) is 13.1 Å². The average molecular weight is 316 g/mol. The molecule has 1 aromatic carbocycles. The molecule has 0 saturated carbocycles. The Morgan fingerprint density at radius 1 is 1.30 bits per heavy atom. The Labute approximate surface area is 139 Å². The number of hydrogen-bond donors (Lipinski definition) is 2. The highest BCUT2D eigenvalue weighted by molar-refractivity contribution is 5.93. The van der Waals surface area contributed by atoms with Crippen LogP contribution in [0.25, 0.3) is 0 Å². The van der Waals surface area contributed by atoms with Crippen LogP contribution < -0.4 is 5.32 Å². The molecule has 2 unspecified atom stereocenters. The molecule has 2 rings (SSSR count). The minimum atomic E-state index is -0.311. The molecule has 1 aromatic rings. The molecule has 0 aliphatic carbocycles. The second-order valence-electron chi connectivity index (χ2n) is 6.43. The first-order chi connectivity index (χ1) is 11.0. The van der Waals surface area contributed by atoms with Crippen LogP contribution in [0.4, 0.5) is 0 Å². The summed E-state index contributed by atoms with van der Waals surface area (Å²) >= 11 is 0. The fraction of sp³-hybridized carbons (Fsp3) is 0.526. The smallest absolute Gasteiger partial charge is 0.246 e. The molecule has 1 aliphatic heterocycles. The summed E-state index contributed by atoms with van der Waals surface area (Å²) in [5.41, 5.74) is 3.16. The van der Waals surface area contributed by atoms with E-state index in [-0.39, 0.29) is 18.1 Å². The third-order valence-electron chi connectivity index (χ3n) is 4.74. The quantitative estimate of drug-likeness (QED) is 0.793. The maximum absolute atomic E-state index is 12.2. The van der Waals surface area contributed by atoms with Crippen LogP contribution in [-0.2, 0) is 11.3 Å².